The molecule has 2 unspecified atom stereocenters. The maximum absolute atomic E-state index is 3.56. The summed E-state index contributed by atoms with van der Waals surface area (Å²) in [6, 6.07) is 0.796. The fourth-order valence-corrected chi connectivity index (χ4v) is 2.56. The minimum atomic E-state index is 0.796. The van der Waals surface area contributed by atoms with Crippen LogP contribution in [-0.4, -0.2) is 23.6 Å². The van der Waals surface area contributed by atoms with Gasteiger partial charge in [0.05, 0.1) is 0 Å². The highest BCUT2D eigenvalue weighted by Gasteiger charge is 2.22. The Balaban J connectivity index is 2.14. The van der Waals surface area contributed by atoms with Gasteiger partial charge in [0.15, 0.2) is 0 Å². The first kappa shape index (κ1) is 8.41. The molecule has 1 saturated heterocycles. The number of nitrogens with one attached hydrogen (secondary N) is 1. The molecule has 1 aliphatic rings. The van der Waals surface area contributed by atoms with E-state index in [4.69, 9.17) is 0 Å². The van der Waals surface area contributed by atoms with E-state index in [-0.39, 0.29) is 0 Å². The Morgan fingerprint density at radius 3 is 2.90 bits per heavy atom. The van der Waals surface area contributed by atoms with Gasteiger partial charge < -0.3 is 5.32 Å². The van der Waals surface area contributed by atoms with Gasteiger partial charge in [-0.3, -0.25) is 0 Å². The predicted molar refractivity (Wildman–Crippen MR) is 48.6 cm³/mol. The molecule has 0 aromatic rings. The van der Waals surface area contributed by atoms with E-state index in [1.807, 2.05) is 0 Å². The normalized spacial score (nSPS) is 33.0. The first-order chi connectivity index (χ1) is 4.84. The molecule has 10 heavy (non-hydrogen) atoms. The van der Waals surface area contributed by atoms with E-state index in [0.717, 1.165) is 11.3 Å². The van der Waals surface area contributed by atoms with Gasteiger partial charge in [0, 0.05) is 11.3 Å². The number of thioether (sulfide) groups is 1. The van der Waals surface area contributed by atoms with E-state index in [2.05, 4.69) is 30.9 Å². The minimum absolute atomic E-state index is 0.796. The summed E-state index contributed by atoms with van der Waals surface area (Å²) >= 11 is 2.09. The predicted octanol–water partition coefficient (Wildman–Crippen LogP) is 1.88. The van der Waals surface area contributed by atoms with E-state index in [1.165, 1.54) is 25.1 Å². The van der Waals surface area contributed by atoms with Crippen molar-refractivity contribution in [2.24, 2.45) is 0 Å². The molecule has 1 heterocycles. The highest BCUT2D eigenvalue weighted by atomic mass is 32.2. The molecule has 1 N–H and O–H groups in total. The monoisotopic (exact) mass is 159 g/mol. The fourth-order valence-electron chi connectivity index (χ4n) is 1.33. The minimum Gasteiger partial charge on any atom is -0.313 e. The summed E-state index contributed by atoms with van der Waals surface area (Å²) in [4.78, 5) is 0. The van der Waals surface area contributed by atoms with Gasteiger partial charge in [-0.25, -0.2) is 0 Å². The van der Waals surface area contributed by atoms with Crippen LogP contribution >= 0.6 is 11.8 Å². The SMILES string of the molecule is CCCNC1CCSC1C. The lowest BCUT2D eigenvalue weighted by atomic mass is 10.2. The molecule has 0 aromatic heterocycles. The third-order valence-electron chi connectivity index (χ3n) is 2.03. The highest BCUT2D eigenvalue weighted by Crippen LogP contribution is 2.25. The van der Waals surface area contributed by atoms with Crippen LogP contribution in [0.25, 0.3) is 0 Å². The lowest BCUT2D eigenvalue weighted by molar-refractivity contribution is 0.512. The van der Waals surface area contributed by atoms with Gasteiger partial charge in [0.2, 0.25) is 0 Å². The van der Waals surface area contributed by atoms with Crippen molar-refractivity contribution in [1.82, 2.24) is 5.32 Å². The third kappa shape index (κ3) is 2.17. The molecule has 0 aromatic carbocycles. The van der Waals surface area contributed by atoms with Gasteiger partial charge in [-0.2, -0.15) is 11.8 Å². The zero-order chi connectivity index (χ0) is 7.40. The Kier molecular flexibility index (Phi) is 3.57. The average Bonchev–Trinajstić information content (AvgIpc) is 2.31. The number of hydrogen-bond donors (Lipinski definition) is 1. The molecule has 1 nitrogen and oxygen atoms in total. The molecule has 0 aliphatic carbocycles. The fraction of sp³-hybridized carbons (Fsp3) is 1.00. The molecule has 0 radical (unpaired) electrons. The van der Waals surface area contributed by atoms with Crippen molar-refractivity contribution in [3.05, 3.63) is 0 Å². The van der Waals surface area contributed by atoms with Gasteiger partial charge >= 0.3 is 0 Å². The second-order valence-corrected chi connectivity index (χ2v) is 4.41. The molecule has 1 aliphatic heterocycles. The Labute approximate surface area is 68.0 Å². The van der Waals surface area contributed by atoms with Crippen LogP contribution in [0.3, 0.4) is 0 Å². The summed E-state index contributed by atoms with van der Waals surface area (Å²) in [6.45, 7) is 5.74. The topological polar surface area (TPSA) is 12.0 Å². The van der Waals surface area contributed by atoms with Crippen molar-refractivity contribution in [3.8, 4) is 0 Å². The van der Waals surface area contributed by atoms with Crippen molar-refractivity contribution < 1.29 is 0 Å². The zero-order valence-electron chi connectivity index (χ0n) is 6.89. The van der Waals surface area contributed by atoms with Gasteiger partial charge in [0.1, 0.15) is 0 Å². The molecule has 0 bridgehead atoms. The molecular formula is C8H17NS. The van der Waals surface area contributed by atoms with Crippen molar-refractivity contribution in [2.75, 3.05) is 12.3 Å². The molecule has 0 amide bonds. The van der Waals surface area contributed by atoms with Crippen LogP contribution in [0.15, 0.2) is 0 Å². The smallest absolute Gasteiger partial charge is 0.0191 e. The summed E-state index contributed by atoms with van der Waals surface area (Å²) in [5, 5.41) is 4.40. The molecule has 2 heteroatoms. The van der Waals surface area contributed by atoms with Crippen LogP contribution in [0.1, 0.15) is 26.7 Å². The molecule has 1 fully saturated rings. The zero-order valence-corrected chi connectivity index (χ0v) is 7.71. The second kappa shape index (κ2) is 4.24. The van der Waals surface area contributed by atoms with Crippen LogP contribution in [0.2, 0.25) is 0 Å². The molecule has 60 valence electrons. The Morgan fingerprint density at radius 2 is 2.40 bits per heavy atom. The molecule has 0 saturated carbocycles. The summed E-state index contributed by atoms with van der Waals surface area (Å²) < 4.78 is 0. The lowest BCUT2D eigenvalue weighted by Crippen LogP contribution is -2.33. The van der Waals surface area contributed by atoms with Crippen molar-refractivity contribution >= 4 is 11.8 Å². The average molecular weight is 159 g/mol. The molecule has 1 rings (SSSR count). The first-order valence-corrected chi connectivity index (χ1v) is 5.24. The number of rotatable bonds is 3. The van der Waals surface area contributed by atoms with Crippen LogP contribution in [0.5, 0.6) is 0 Å². The molecule has 2 atom stereocenters. The Hall–Kier alpha value is 0.310. The summed E-state index contributed by atoms with van der Waals surface area (Å²) in [7, 11) is 0. The highest BCUT2D eigenvalue weighted by molar-refractivity contribution is 8.00. The van der Waals surface area contributed by atoms with Crippen LogP contribution in [0.4, 0.5) is 0 Å². The van der Waals surface area contributed by atoms with Crippen molar-refractivity contribution in [2.45, 2.75) is 38.0 Å². The standard InChI is InChI=1S/C8H17NS/c1-3-5-9-8-4-6-10-7(8)2/h7-9H,3-6H2,1-2H3. The van der Waals surface area contributed by atoms with E-state index in [0.29, 0.717) is 0 Å². The van der Waals surface area contributed by atoms with Gasteiger partial charge in [0.25, 0.3) is 0 Å². The number of hydrogen-bond acceptors (Lipinski definition) is 2. The quantitative estimate of drug-likeness (QED) is 0.675. The molecule has 0 spiro atoms. The second-order valence-electron chi connectivity index (χ2n) is 2.93. The summed E-state index contributed by atoms with van der Waals surface area (Å²) in [5.41, 5.74) is 0. The summed E-state index contributed by atoms with van der Waals surface area (Å²) in [6.07, 6.45) is 2.62. The lowest BCUT2D eigenvalue weighted by Gasteiger charge is -2.15. The Morgan fingerprint density at radius 1 is 1.60 bits per heavy atom. The maximum atomic E-state index is 3.56. The summed E-state index contributed by atoms with van der Waals surface area (Å²) in [5.74, 6) is 1.35. The Bertz CT molecular complexity index is 95.3. The first-order valence-electron chi connectivity index (χ1n) is 4.19. The third-order valence-corrected chi connectivity index (χ3v) is 3.36. The van der Waals surface area contributed by atoms with E-state index in [9.17, 15) is 0 Å². The van der Waals surface area contributed by atoms with Crippen molar-refractivity contribution in [1.29, 1.82) is 0 Å². The maximum Gasteiger partial charge on any atom is 0.0191 e. The van der Waals surface area contributed by atoms with Crippen LogP contribution < -0.4 is 5.32 Å². The van der Waals surface area contributed by atoms with E-state index >= 15 is 0 Å². The molecular weight excluding hydrogens is 142 g/mol. The van der Waals surface area contributed by atoms with Crippen LogP contribution in [-0.2, 0) is 0 Å². The van der Waals surface area contributed by atoms with E-state index in [1.54, 1.807) is 0 Å². The van der Waals surface area contributed by atoms with Crippen LogP contribution in [0, 0.1) is 0 Å². The van der Waals surface area contributed by atoms with E-state index < -0.39 is 0 Å². The van der Waals surface area contributed by atoms with Crippen molar-refractivity contribution in [3.63, 3.8) is 0 Å². The van der Waals surface area contributed by atoms with Gasteiger partial charge in [-0.1, -0.05) is 13.8 Å². The largest absolute Gasteiger partial charge is 0.313 e. The van der Waals surface area contributed by atoms with Gasteiger partial charge in [-0.05, 0) is 25.1 Å². The van der Waals surface area contributed by atoms with Gasteiger partial charge in [-0.15, -0.1) is 0 Å².